The van der Waals surface area contributed by atoms with Gasteiger partial charge in [-0.3, -0.25) is 0 Å². The molecule has 0 bridgehead atoms. The first kappa shape index (κ1) is 16.8. The maximum atomic E-state index is 4.89. The second-order valence-electron chi connectivity index (χ2n) is 7.40. The zero-order valence-electron chi connectivity index (χ0n) is 15.6. The lowest BCUT2D eigenvalue weighted by atomic mass is 10.00. The van der Waals surface area contributed by atoms with E-state index in [1.807, 2.05) is 12.1 Å². The molecule has 0 spiro atoms. The van der Waals surface area contributed by atoms with Gasteiger partial charge in [-0.25, -0.2) is 4.98 Å². The van der Waals surface area contributed by atoms with Crippen LogP contribution in [-0.4, -0.2) is 23.1 Å². The van der Waals surface area contributed by atoms with Gasteiger partial charge in [0.2, 0.25) is 5.95 Å². The minimum absolute atomic E-state index is 0.762. The van der Waals surface area contributed by atoms with Gasteiger partial charge in [0.15, 0.2) is 0 Å². The largest absolute Gasteiger partial charge is 0.365 e. The van der Waals surface area contributed by atoms with Crippen molar-refractivity contribution in [1.82, 2.24) is 9.97 Å². The fourth-order valence-corrected chi connectivity index (χ4v) is 3.44. The summed E-state index contributed by atoms with van der Waals surface area (Å²) < 4.78 is 0. The molecule has 2 heterocycles. The molecule has 0 aliphatic carbocycles. The fraction of sp³-hybridized carbons (Fsp3) is 0.364. The number of aryl methyl sites for hydroxylation is 1. The zero-order valence-corrected chi connectivity index (χ0v) is 15.6. The highest BCUT2D eigenvalue weighted by Crippen LogP contribution is 2.26. The summed E-state index contributed by atoms with van der Waals surface area (Å²) in [5.41, 5.74) is 3.54. The molecule has 1 N–H and O–H groups in total. The molecule has 4 heteroatoms. The van der Waals surface area contributed by atoms with Gasteiger partial charge >= 0.3 is 0 Å². The number of nitrogens with one attached hydrogen (secondary N) is 1. The van der Waals surface area contributed by atoms with E-state index in [0.717, 1.165) is 48.2 Å². The van der Waals surface area contributed by atoms with Crippen LogP contribution in [0.15, 0.2) is 48.5 Å². The topological polar surface area (TPSA) is 41.1 Å². The van der Waals surface area contributed by atoms with E-state index in [-0.39, 0.29) is 0 Å². The van der Waals surface area contributed by atoms with E-state index in [0.29, 0.717) is 0 Å². The van der Waals surface area contributed by atoms with E-state index in [1.165, 1.54) is 24.0 Å². The average molecular weight is 346 g/mol. The third kappa shape index (κ3) is 3.64. The molecule has 0 atom stereocenters. The SMILES string of the molecule is Cc1ccc(CNc2nc(N3CCC(C)CC3)nc3ccccc23)cc1. The summed E-state index contributed by atoms with van der Waals surface area (Å²) in [7, 11) is 0. The first-order chi connectivity index (χ1) is 12.7. The number of para-hydroxylation sites is 1. The number of anilines is 2. The number of hydrogen-bond acceptors (Lipinski definition) is 4. The summed E-state index contributed by atoms with van der Waals surface area (Å²) in [6.45, 7) is 7.28. The van der Waals surface area contributed by atoms with Crippen LogP contribution in [0, 0.1) is 12.8 Å². The summed E-state index contributed by atoms with van der Waals surface area (Å²) in [5.74, 6) is 2.57. The van der Waals surface area contributed by atoms with Crippen LogP contribution >= 0.6 is 0 Å². The Balaban J connectivity index is 1.62. The van der Waals surface area contributed by atoms with Gasteiger partial charge in [-0.05, 0) is 43.4 Å². The molecule has 1 fully saturated rings. The molecule has 0 radical (unpaired) electrons. The van der Waals surface area contributed by atoms with E-state index >= 15 is 0 Å². The van der Waals surface area contributed by atoms with Gasteiger partial charge in [-0.2, -0.15) is 4.98 Å². The molecule has 1 saturated heterocycles. The van der Waals surface area contributed by atoms with Crippen LogP contribution in [0.5, 0.6) is 0 Å². The quantitative estimate of drug-likeness (QED) is 0.738. The van der Waals surface area contributed by atoms with Gasteiger partial charge in [0.05, 0.1) is 5.52 Å². The van der Waals surface area contributed by atoms with Crippen molar-refractivity contribution >= 4 is 22.7 Å². The Kier molecular flexibility index (Phi) is 4.74. The van der Waals surface area contributed by atoms with E-state index in [1.54, 1.807) is 0 Å². The molecular formula is C22H26N4. The lowest BCUT2D eigenvalue weighted by Gasteiger charge is -2.30. The first-order valence-corrected chi connectivity index (χ1v) is 9.50. The van der Waals surface area contributed by atoms with Crippen molar-refractivity contribution in [2.45, 2.75) is 33.2 Å². The number of fused-ring (bicyclic) bond motifs is 1. The second-order valence-corrected chi connectivity index (χ2v) is 7.40. The smallest absolute Gasteiger partial charge is 0.227 e. The highest BCUT2D eigenvalue weighted by atomic mass is 15.3. The summed E-state index contributed by atoms with van der Waals surface area (Å²) in [6, 6.07) is 16.9. The van der Waals surface area contributed by atoms with Crippen molar-refractivity contribution in [3.05, 3.63) is 59.7 Å². The molecule has 4 nitrogen and oxygen atoms in total. The van der Waals surface area contributed by atoms with Gasteiger partial charge in [0.1, 0.15) is 5.82 Å². The molecule has 0 saturated carbocycles. The maximum absolute atomic E-state index is 4.89. The Morgan fingerprint density at radius 1 is 1.00 bits per heavy atom. The zero-order chi connectivity index (χ0) is 17.9. The van der Waals surface area contributed by atoms with Gasteiger partial charge < -0.3 is 10.2 Å². The van der Waals surface area contributed by atoms with Crippen LogP contribution in [0.4, 0.5) is 11.8 Å². The number of rotatable bonds is 4. The van der Waals surface area contributed by atoms with Crippen molar-refractivity contribution in [3.8, 4) is 0 Å². The van der Waals surface area contributed by atoms with Crippen molar-refractivity contribution in [2.24, 2.45) is 5.92 Å². The Morgan fingerprint density at radius 2 is 1.73 bits per heavy atom. The lowest BCUT2D eigenvalue weighted by Crippen LogP contribution is -2.34. The monoisotopic (exact) mass is 346 g/mol. The van der Waals surface area contributed by atoms with Crippen molar-refractivity contribution in [1.29, 1.82) is 0 Å². The highest BCUT2D eigenvalue weighted by molar-refractivity contribution is 5.90. The number of hydrogen-bond donors (Lipinski definition) is 1. The van der Waals surface area contributed by atoms with Crippen molar-refractivity contribution in [2.75, 3.05) is 23.3 Å². The Bertz CT molecular complexity index is 880. The van der Waals surface area contributed by atoms with E-state index in [2.05, 4.69) is 60.5 Å². The van der Waals surface area contributed by atoms with Crippen LogP contribution in [0.25, 0.3) is 10.9 Å². The number of benzene rings is 2. The van der Waals surface area contributed by atoms with Crippen LogP contribution in [0.3, 0.4) is 0 Å². The summed E-state index contributed by atoms with van der Waals surface area (Å²) >= 11 is 0. The van der Waals surface area contributed by atoms with Crippen LogP contribution in [-0.2, 0) is 6.54 Å². The number of aromatic nitrogens is 2. The minimum Gasteiger partial charge on any atom is -0.365 e. The maximum Gasteiger partial charge on any atom is 0.227 e. The van der Waals surface area contributed by atoms with Crippen LogP contribution in [0.2, 0.25) is 0 Å². The summed E-state index contributed by atoms with van der Waals surface area (Å²) in [5, 5.41) is 4.61. The molecule has 0 unspecified atom stereocenters. The minimum atomic E-state index is 0.762. The average Bonchev–Trinajstić information content (AvgIpc) is 2.68. The van der Waals surface area contributed by atoms with Gasteiger partial charge in [0.25, 0.3) is 0 Å². The molecule has 1 aliphatic rings. The molecule has 2 aromatic carbocycles. The second kappa shape index (κ2) is 7.32. The lowest BCUT2D eigenvalue weighted by molar-refractivity contribution is 0.435. The fourth-order valence-electron chi connectivity index (χ4n) is 3.44. The number of nitrogens with zero attached hydrogens (tertiary/aromatic N) is 3. The van der Waals surface area contributed by atoms with Crippen LogP contribution in [0.1, 0.15) is 30.9 Å². The third-order valence-corrected chi connectivity index (χ3v) is 5.24. The molecule has 0 amide bonds. The summed E-state index contributed by atoms with van der Waals surface area (Å²) in [4.78, 5) is 12.0. The van der Waals surface area contributed by atoms with Crippen molar-refractivity contribution < 1.29 is 0 Å². The Labute approximate surface area is 155 Å². The first-order valence-electron chi connectivity index (χ1n) is 9.50. The van der Waals surface area contributed by atoms with Crippen molar-refractivity contribution in [3.63, 3.8) is 0 Å². The molecular weight excluding hydrogens is 320 g/mol. The standard InChI is InChI=1S/C22H26N4/c1-16-7-9-18(10-8-16)15-23-21-19-5-3-4-6-20(19)24-22(25-21)26-13-11-17(2)12-14-26/h3-10,17H,11-15H2,1-2H3,(H,23,24,25). The van der Waals surface area contributed by atoms with Gasteiger partial charge in [0, 0.05) is 25.0 Å². The van der Waals surface area contributed by atoms with E-state index in [4.69, 9.17) is 9.97 Å². The molecule has 4 rings (SSSR count). The Morgan fingerprint density at radius 3 is 2.50 bits per heavy atom. The molecule has 3 aromatic rings. The van der Waals surface area contributed by atoms with E-state index in [9.17, 15) is 0 Å². The van der Waals surface area contributed by atoms with Gasteiger partial charge in [-0.1, -0.05) is 48.9 Å². The number of piperidine rings is 1. The van der Waals surface area contributed by atoms with E-state index < -0.39 is 0 Å². The van der Waals surface area contributed by atoms with Crippen LogP contribution < -0.4 is 10.2 Å². The molecule has 1 aliphatic heterocycles. The summed E-state index contributed by atoms with van der Waals surface area (Å²) in [6.07, 6.45) is 2.42. The molecule has 134 valence electrons. The predicted molar refractivity (Wildman–Crippen MR) is 109 cm³/mol. The molecule has 26 heavy (non-hydrogen) atoms. The predicted octanol–water partition coefficient (Wildman–Crippen LogP) is 4.79. The Hall–Kier alpha value is -2.62. The third-order valence-electron chi connectivity index (χ3n) is 5.24. The highest BCUT2D eigenvalue weighted by Gasteiger charge is 2.19. The van der Waals surface area contributed by atoms with Gasteiger partial charge in [-0.15, -0.1) is 0 Å². The molecule has 1 aromatic heterocycles. The normalized spacial score (nSPS) is 15.4.